The van der Waals surface area contributed by atoms with Gasteiger partial charge in [0, 0.05) is 101 Å². The molecule has 0 radical (unpaired) electrons. The molecule has 1 aromatic heterocycles. The van der Waals surface area contributed by atoms with E-state index in [1.807, 2.05) is 152 Å². The van der Waals surface area contributed by atoms with Crippen LogP contribution in [-0.2, 0) is 5.41 Å². The molecule has 22 rings (SSSR count). The van der Waals surface area contributed by atoms with Crippen LogP contribution in [0.3, 0.4) is 0 Å². The van der Waals surface area contributed by atoms with Gasteiger partial charge in [-0.2, -0.15) is 0 Å². The molecule has 1 aliphatic carbocycles. The molecule has 0 aliphatic heterocycles. The van der Waals surface area contributed by atoms with Crippen LogP contribution in [0.15, 0.2) is 443 Å². The Labute approximate surface area is 747 Å². The molecule has 128 heavy (non-hydrogen) atoms. The maximum atomic E-state index is 13.1. The van der Waals surface area contributed by atoms with Gasteiger partial charge < -0.3 is 14.4 Å². The summed E-state index contributed by atoms with van der Waals surface area (Å²) >= 11 is 0. The highest BCUT2D eigenvalue weighted by Crippen LogP contribution is 2.54. The predicted octanol–water partition coefficient (Wildman–Crippen LogP) is 31.4. The molecule has 0 saturated carbocycles. The number of ketones is 3. The molecule has 1 aliphatic rings. The van der Waals surface area contributed by atoms with Crippen LogP contribution in [0.25, 0.3) is 81.7 Å². The molecular formula is C122H93N3O3. The van der Waals surface area contributed by atoms with Crippen LogP contribution in [0.1, 0.15) is 136 Å². The third-order valence-electron chi connectivity index (χ3n) is 26.2. The highest BCUT2D eigenvalue weighted by molar-refractivity contribution is 6.24. The zero-order valence-corrected chi connectivity index (χ0v) is 72.4. The van der Waals surface area contributed by atoms with Gasteiger partial charge in [-0.1, -0.05) is 328 Å². The SMILES string of the molecule is Cc1ccc(N(c2ccc(C(=O)c3ccccc3)cc2)c2ccc(C(C)c3ccc4ccc5cccc6ccc3c4c56)cc2)cc1.Cc1ccc(N(c2ccc(C(=O)c3ccccc3)cc2)c2ccc(C(C)c3cccc4ccccc34)cc2)cc1.Cc1ccc2c(c1)c1cc(C3(C)c4ccccc4-c4ccccc43)ccc1n2-c1ccc(C(=O)c2ccccc2)cc1. The van der Waals surface area contributed by atoms with Crippen LogP contribution in [-0.4, -0.2) is 21.9 Å². The van der Waals surface area contributed by atoms with Crippen LogP contribution in [0.4, 0.5) is 34.1 Å². The van der Waals surface area contributed by atoms with Crippen molar-refractivity contribution in [1.82, 2.24) is 4.57 Å². The Hall–Kier alpha value is -15.9. The average Bonchev–Trinajstić information content (AvgIpc) is 1.53. The molecule has 6 heteroatoms. The summed E-state index contributed by atoms with van der Waals surface area (Å²) in [5.74, 6) is 0.570. The summed E-state index contributed by atoms with van der Waals surface area (Å²) in [6.07, 6.45) is 0. The minimum Gasteiger partial charge on any atom is -0.311 e. The molecule has 0 saturated heterocycles. The molecule has 20 aromatic carbocycles. The third kappa shape index (κ3) is 15.2. The summed E-state index contributed by atoms with van der Waals surface area (Å²) in [6.45, 7) is 13.3. The van der Waals surface area contributed by atoms with Crippen molar-refractivity contribution >= 4 is 116 Å². The van der Waals surface area contributed by atoms with Gasteiger partial charge in [-0.25, -0.2) is 0 Å². The van der Waals surface area contributed by atoms with E-state index >= 15 is 0 Å². The van der Waals surface area contributed by atoms with E-state index in [2.05, 4.69) is 347 Å². The van der Waals surface area contributed by atoms with Gasteiger partial charge in [-0.15, -0.1) is 0 Å². The maximum absolute atomic E-state index is 13.1. The Balaban J connectivity index is 0.000000121. The predicted molar refractivity (Wildman–Crippen MR) is 533 cm³/mol. The minimum atomic E-state index is -0.251. The molecule has 614 valence electrons. The number of rotatable bonds is 18. The summed E-state index contributed by atoms with van der Waals surface area (Å²) in [5, 5.41) is 12.9. The second-order valence-corrected chi connectivity index (χ2v) is 34.1. The monoisotopic (exact) mass is 1650 g/mol. The fourth-order valence-corrected chi connectivity index (χ4v) is 19.3. The van der Waals surface area contributed by atoms with E-state index in [9.17, 15) is 14.4 Å². The molecule has 0 bridgehead atoms. The number of anilines is 6. The average molecular weight is 1650 g/mol. The number of nitrogens with zero attached hydrogens (tertiary/aromatic N) is 3. The number of aromatic nitrogens is 1. The fourth-order valence-electron chi connectivity index (χ4n) is 19.3. The number of aryl methyl sites for hydroxylation is 3. The van der Waals surface area contributed by atoms with Gasteiger partial charge in [0.05, 0.1) is 11.0 Å². The van der Waals surface area contributed by atoms with Crippen molar-refractivity contribution < 1.29 is 14.4 Å². The van der Waals surface area contributed by atoms with Gasteiger partial charge in [0.15, 0.2) is 17.3 Å². The zero-order chi connectivity index (χ0) is 87.1. The lowest BCUT2D eigenvalue weighted by atomic mass is 9.74. The quantitative estimate of drug-likeness (QED) is 0.0633. The molecule has 0 N–H and O–H groups in total. The van der Waals surface area contributed by atoms with Crippen LogP contribution in [0.5, 0.6) is 0 Å². The largest absolute Gasteiger partial charge is 0.311 e. The van der Waals surface area contributed by atoms with Gasteiger partial charge in [0.25, 0.3) is 0 Å². The van der Waals surface area contributed by atoms with Gasteiger partial charge >= 0.3 is 0 Å². The molecule has 0 amide bonds. The van der Waals surface area contributed by atoms with Gasteiger partial charge in [0.2, 0.25) is 0 Å². The lowest BCUT2D eigenvalue weighted by Crippen LogP contribution is -2.22. The molecule has 0 fully saturated rings. The third-order valence-corrected chi connectivity index (χ3v) is 26.2. The topological polar surface area (TPSA) is 62.6 Å². The highest BCUT2D eigenvalue weighted by atomic mass is 16.1. The number of carbonyl (C=O) groups is 3. The van der Waals surface area contributed by atoms with Crippen LogP contribution in [0.2, 0.25) is 0 Å². The zero-order valence-electron chi connectivity index (χ0n) is 72.4. The fraction of sp³-hybridized carbons (Fsp3) is 0.0738. The Morgan fingerprint density at radius 3 is 1.09 bits per heavy atom. The van der Waals surface area contributed by atoms with E-state index in [4.69, 9.17) is 0 Å². The van der Waals surface area contributed by atoms with E-state index in [0.29, 0.717) is 33.4 Å². The summed E-state index contributed by atoms with van der Waals surface area (Å²) in [7, 11) is 0. The van der Waals surface area contributed by atoms with Crippen molar-refractivity contribution in [3.63, 3.8) is 0 Å². The first-order chi connectivity index (χ1) is 62.7. The molecular weight excluding hydrogens is 1560 g/mol. The minimum absolute atomic E-state index is 0.0270. The van der Waals surface area contributed by atoms with E-state index < -0.39 is 0 Å². The Morgan fingerprint density at radius 1 is 0.266 bits per heavy atom. The Bertz CT molecular complexity index is 7630. The van der Waals surface area contributed by atoms with Crippen molar-refractivity contribution in [2.75, 3.05) is 9.80 Å². The molecule has 1 heterocycles. The van der Waals surface area contributed by atoms with E-state index in [1.165, 1.54) is 121 Å². The molecule has 2 unspecified atom stereocenters. The normalized spacial score (nSPS) is 12.4. The number of hydrogen-bond acceptors (Lipinski definition) is 5. The summed E-state index contributed by atoms with van der Waals surface area (Å²) < 4.78 is 2.32. The Kier molecular flexibility index (Phi) is 21.6. The second-order valence-electron chi connectivity index (χ2n) is 34.1. The van der Waals surface area contributed by atoms with Gasteiger partial charge in [-0.3, -0.25) is 14.4 Å². The standard InChI is InChI=1S/C44H33NO.C40H29NO.C38H31NO/c1-29-11-21-37(22-12-29)45(39-25-17-36(18-26-39)44(46)35-7-4-3-5-8-35)38-23-15-31(16-24-38)30(2)40-27-19-34-14-13-32-9-6-10-33-20-28-41(40)43(34)42(32)33;1-26-16-22-37-33(24-26)34-25-29(40(2)35-14-8-6-12-31(35)32-13-7-9-15-36(32)40)19-23-38(34)41(37)30-20-17-28(18-21-30)39(42)27-10-4-3-5-11-27;1-27-15-21-33(22-16-27)39(35-25-19-32(20-26-35)38(40)31-10-4-3-5-11-31)34-23-17-29(18-24-34)28(2)36-14-8-12-30-9-6-7-13-37(30)36/h3-28,30H,1-2H3;3-25H,1-2H3;3-26,28H,1-2H3. The van der Waals surface area contributed by atoms with Crippen molar-refractivity contribution in [1.29, 1.82) is 0 Å². The lowest BCUT2D eigenvalue weighted by Gasteiger charge is -2.28. The summed E-state index contributed by atoms with van der Waals surface area (Å²) in [4.78, 5) is 43.6. The Morgan fingerprint density at radius 2 is 0.609 bits per heavy atom. The van der Waals surface area contributed by atoms with Crippen molar-refractivity contribution in [2.45, 2.75) is 58.8 Å². The van der Waals surface area contributed by atoms with Gasteiger partial charge in [0.1, 0.15) is 0 Å². The van der Waals surface area contributed by atoms with Crippen LogP contribution >= 0.6 is 0 Å². The molecule has 2 atom stereocenters. The van der Waals surface area contributed by atoms with Crippen molar-refractivity contribution in [3.05, 3.63) is 532 Å². The first-order valence-corrected chi connectivity index (χ1v) is 44.1. The number of benzene rings is 20. The van der Waals surface area contributed by atoms with E-state index in [0.717, 1.165) is 50.8 Å². The number of carbonyl (C=O) groups excluding carboxylic acids is 3. The maximum Gasteiger partial charge on any atom is 0.193 e. The van der Waals surface area contributed by atoms with E-state index in [1.54, 1.807) is 0 Å². The summed E-state index contributed by atoms with van der Waals surface area (Å²) in [5.41, 5.74) is 29.0. The molecule has 21 aromatic rings. The molecule has 6 nitrogen and oxygen atoms in total. The van der Waals surface area contributed by atoms with Crippen LogP contribution in [0, 0.1) is 20.8 Å². The molecule has 0 spiro atoms. The number of fused-ring (bicyclic) bond motifs is 7. The smallest absolute Gasteiger partial charge is 0.193 e. The first kappa shape index (κ1) is 80.5. The second kappa shape index (κ2) is 34.3. The van der Waals surface area contributed by atoms with Crippen molar-refractivity contribution in [2.24, 2.45) is 0 Å². The first-order valence-electron chi connectivity index (χ1n) is 44.1. The number of hydrogen-bond donors (Lipinski definition) is 0. The lowest BCUT2D eigenvalue weighted by molar-refractivity contribution is 0.103. The highest BCUT2D eigenvalue weighted by Gasteiger charge is 2.41. The van der Waals surface area contributed by atoms with Crippen molar-refractivity contribution in [3.8, 4) is 16.8 Å². The van der Waals surface area contributed by atoms with Gasteiger partial charge in [-0.05, 0) is 266 Å². The van der Waals surface area contributed by atoms with Crippen LogP contribution < -0.4 is 9.80 Å². The van der Waals surface area contributed by atoms with E-state index in [-0.39, 0.29) is 34.6 Å². The summed E-state index contributed by atoms with van der Waals surface area (Å²) in [6, 6.07) is 154.